The fourth-order valence-electron chi connectivity index (χ4n) is 3.84. The Balaban J connectivity index is 1.54. The van der Waals surface area contributed by atoms with Crippen molar-refractivity contribution in [1.29, 1.82) is 0 Å². The summed E-state index contributed by atoms with van der Waals surface area (Å²) < 4.78 is 45.2. The number of hydrogen-bond acceptors (Lipinski definition) is 5. The van der Waals surface area contributed by atoms with E-state index in [0.717, 1.165) is 18.1 Å². The van der Waals surface area contributed by atoms with Crippen LogP contribution in [0.25, 0.3) is 0 Å². The Hall–Kier alpha value is -3.10. The van der Waals surface area contributed by atoms with Gasteiger partial charge in [-0.15, -0.1) is 0 Å². The summed E-state index contributed by atoms with van der Waals surface area (Å²) in [5, 5.41) is 0. The van der Waals surface area contributed by atoms with E-state index >= 15 is 0 Å². The Bertz CT molecular complexity index is 963. The number of pyridine rings is 1. The summed E-state index contributed by atoms with van der Waals surface area (Å²) in [4.78, 5) is 31.8. The number of hydrogen-bond donors (Lipinski definition) is 0. The number of aryl methyl sites for hydroxylation is 1. The number of amides is 1. The maximum absolute atomic E-state index is 13.3. The van der Waals surface area contributed by atoms with Gasteiger partial charge in [0.05, 0.1) is 11.5 Å². The van der Waals surface area contributed by atoms with Crippen LogP contribution in [0, 0.1) is 5.92 Å². The van der Waals surface area contributed by atoms with E-state index in [9.17, 15) is 22.8 Å². The number of rotatable bonds is 7. The SMILES string of the molecule is CCc1ccc(CN(C)C(=O)COC(=O)C2CCCN(c3ncccc3C(F)(F)F)C2)cc1. The van der Waals surface area contributed by atoms with Gasteiger partial charge in [0, 0.05) is 32.9 Å². The van der Waals surface area contributed by atoms with Crippen LogP contribution in [0.1, 0.15) is 36.5 Å². The Morgan fingerprint density at radius 2 is 1.88 bits per heavy atom. The smallest absolute Gasteiger partial charge is 0.419 e. The summed E-state index contributed by atoms with van der Waals surface area (Å²) in [5.74, 6) is -1.74. The van der Waals surface area contributed by atoms with Crippen LogP contribution in [0.15, 0.2) is 42.6 Å². The standard InChI is InChI=1S/C24H28F3N3O3/c1-3-17-8-10-18(11-9-17)14-29(2)21(31)16-33-23(32)19-6-5-13-30(15-19)22-20(24(25,26)27)7-4-12-28-22/h4,7-12,19H,3,5-6,13-16H2,1-2H3. The van der Waals surface area contributed by atoms with Gasteiger partial charge in [-0.25, -0.2) is 4.98 Å². The summed E-state index contributed by atoms with van der Waals surface area (Å²) in [7, 11) is 1.63. The van der Waals surface area contributed by atoms with Crippen LogP contribution in [0.3, 0.4) is 0 Å². The van der Waals surface area contributed by atoms with Crippen LogP contribution in [0.2, 0.25) is 0 Å². The predicted molar refractivity (Wildman–Crippen MR) is 117 cm³/mol. The number of likely N-dealkylation sites (N-methyl/N-ethyl adjacent to an activating group) is 1. The van der Waals surface area contributed by atoms with E-state index in [0.29, 0.717) is 25.9 Å². The zero-order valence-corrected chi connectivity index (χ0v) is 18.8. The third kappa shape index (κ3) is 6.46. The van der Waals surface area contributed by atoms with Crippen molar-refractivity contribution in [3.8, 4) is 0 Å². The summed E-state index contributed by atoms with van der Waals surface area (Å²) >= 11 is 0. The highest BCUT2D eigenvalue weighted by molar-refractivity contribution is 5.81. The topological polar surface area (TPSA) is 62.7 Å². The maximum Gasteiger partial charge on any atom is 0.419 e. The van der Waals surface area contributed by atoms with Gasteiger partial charge < -0.3 is 14.5 Å². The van der Waals surface area contributed by atoms with Crippen molar-refractivity contribution in [3.63, 3.8) is 0 Å². The number of alkyl halides is 3. The molecule has 2 heterocycles. The van der Waals surface area contributed by atoms with Crippen molar-refractivity contribution < 1.29 is 27.5 Å². The van der Waals surface area contributed by atoms with Gasteiger partial charge in [0.15, 0.2) is 6.61 Å². The molecular weight excluding hydrogens is 435 g/mol. The Labute approximate surface area is 191 Å². The van der Waals surface area contributed by atoms with Crippen LogP contribution in [0.5, 0.6) is 0 Å². The lowest BCUT2D eigenvalue weighted by Crippen LogP contribution is -2.41. The molecule has 0 saturated carbocycles. The van der Waals surface area contributed by atoms with E-state index in [1.165, 1.54) is 27.6 Å². The lowest BCUT2D eigenvalue weighted by molar-refractivity contribution is -0.155. The molecule has 0 radical (unpaired) electrons. The van der Waals surface area contributed by atoms with E-state index in [-0.39, 0.29) is 18.3 Å². The van der Waals surface area contributed by atoms with Gasteiger partial charge in [0.2, 0.25) is 0 Å². The number of ether oxygens (including phenoxy) is 1. The molecular formula is C24H28F3N3O3. The van der Waals surface area contributed by atoms with Crippen molar-refractivity contribution in [2.24, 2.45) is 5.92 Å². The molecule has 3 rings (SSSR count). The van der Waals surface area contributed by atoms with Crippen molar-refractivity contribution in [1.82, 2.24) is 9.88 Å². The Kier molecular flexibility index (Phi) is 7.94. The van der Waals surface area contributed by atoms with E-state index in [2.05, 4.69) is 11.9 Å². The minimum atomic E-state index is -4.54. The molecule has 0 bridgehead atoms. The van der Waals surface area contributed by atoms with Gasteiger partial charge in [0.1, 0.15) is 5.82 Å². The molecule has 33 heavy (non-hydrogen) atoms. The molecule has 2 aromatic rings. The fourth-order valence-corrected chi connectivity index (χ4v) is 3.84. The molecule has 1 fully saturated rings. The molecule has 9 heteroatoms. The molecule has 178 valence electrons. The maximum atomic E-state index is 13.3. The summed E-state index contributed by atoms with van der Waals surface area (Å²) in [6.45, 7) is 2.47. The quantitative estimate of drug-likeness (QED) is 0.579. The zero-order chi connectivity index (χ0) is 24.0. The number of aromatic nitrogens is 1. The highest BCUT2D eigenvalue weighted by atomic mass is 19.4. The average molecular weight is 464 g/mol. The third-order valence-corrected chi connectivity index (χ3v) is 5.76. The van der Waals surface area contributed by atoms with E-state index in [1.807, 2.05) is 24.3 Å². The molecule has 1 aliphatic heterocycles. The van der Waals surface area contributed by atoms with Crippen molar-refractivity contribution in [3.05, 3.63) is 59.3 Å². The van der Waals surface area contributed by atoms with Gasteiger partial charge in [0.25, 0.3) is 5.91 Å². The van der Waals surface area contributed by atoms with Gasteiger partial charge in [-0.3, -0.25) is 9.59 Å². The first-order chi connectivity index (χ1) is 15.7. The predicted octanol–water partition coefficient (Wildman–Crippen LogP) is 4.08. The van der Waals surface area contributed by atoms with E-state index < -0.39 is 30.2 Å². The minimum absolute atomic E-state index is 0.0622. The number of benzene rings is 1. The van der Waals surface area contributed by atoms with Crippen LogP contribution in [0.4, 0.5) is 19.0 Å². The van der Waals surface area contributed by atoms with Crippen LogP contribution < -0.4 is 4.90 Å². The molecule has 1 amide bonds. The molecule has 1 aromatic carbocycles. The first kappa shape index (κ1) is 24.5. The van der Waals surface area contributed by atoms with E-state index in [1.54, 1.807) is 7.05 Å². The second-order valence-corrected chi connectivity index (χ2v) is 8.19. The Morgan fingerprint density at radius 1 is 1.18 bits per heavy atom. The highest BCUT2D eigenvalue weighted by Crippen LogP contribution is 2.36. The summed E-state index contributed by atoms with van der Waals surface area (Å²) in [6, 6.07) is 10.1. The molecule has 0 aliphatic carbocycles. The van der Waals surface area contributed by atoms with Crippen molar-refractivity contribution >= 4 is 17.7 Å². The molecule has 1 aliphatic rings. The molecule has 1 atom stereocenters. The molecule has 0 N–H and O–H groups in total. The van der Waals surface area contributed by atoms with Crippen molar-refractivity contribution in [2.45, 2.75) is 38.9 Å². The lowest BCUT2D eigenvalue weighted by Gasteiger charge is -2.33. The first-order valence-corrected chi connectivity index (χ1v) is 10.9. The summed E-state index contributed by atoms with van der Waals surface area (Å²) in [6.07, 6.45) is -1.30. The van der Waals surface area contributed by atoms with Gasteiger partial charge in [-0.1, -0.05) is 31.2 Å². The van der Waals surface area contributed by atoms with Crippen molar-refractivity contribution in [2.75, 3.05) is 31.6 Å². The largest absolute Gasteiger partial charge is 0.455 e. The minimum Gasteiger partial charge on any atom is -0.455 e. The van der Waals surface area contributed by atoms with Gasteiger partial charge in [-0.2, -0.15) is 13.2 Å². The first-order valence-electron chi connectivity index (χ1n) is 10.9. The number of halogens is 3. The highest BCUT2D eigenvalue weighted by Gasteiger charge is 2.37. The molecule has 6 nitrogen and oxygen atoms in total. The monoisotopic (exact) mass is 463 g/mol. The second kappa shape index (κ2) is 10.7. The van der Waals surface area contributed by atoms with Crippen LogP contribution >= 0.6 is 0 Å². The number of carbonyl (C=O) groups excluding carboxylic acids is 2. The number of anilines is 1. The third-order valence-electron chi connectivity index (χ3n) is 5.76. The van der Waals surface area contributed by atoms with Crippen LogP contribution in [-0.2, 0) is 33.5 Å². The summed E-state index contributed by atoms with van der Waals surface area (Å²) in [5.41, 5.74) is 1.34. The fraction of sp³-hybridized carbons (Fsp3) is 0.458. The van der Waals surface area contributed by atoms with E-state index in [4.69, 9.17) is 4.74 Å². The molecule has 1 unspecified atom stereocenters. The van der Waals surface area contributed by atoms with Gasteiger partial charge in [-0.05, 0) is 42.5 Å². The normalized spacial score (nSPS) is 16.4. The number of esters is 1. The Morgan fingerprint density at radius 3 is 2.55 bits per heavy atom. The molecule has 1 aromatic heterocycles. The molecule has 1 saturated heterocycles. The average Bonchev–Trinajstić information content (AvgIpc) is 2.82. The lowest BCUT2D eigenvalue weighted by atomic mass is 9.98. The number of carbonyl (C=O) groups is 2. The molecule has 0 spiro atoms. The van der Waals surface area contributed by atoms with Gasteiger partial charge >= 0.3 is 12.1 Å². The number of piperidine rings is 1. The second-order valence-electron chi connectivity index (χ2n) is 8.19. The van der Waals surface area contributed by atoms with Crippen LogP contribution in [-0.4, -0.2) is 48.5 Å². The number of nitrogens with zero attached hydrogens (tertiary/aromatic N) is 3. The zero-order valence-electron chi connectivity index (χ0n) is 18.8.